The summed E-state index contributed by atoms with van der Waals surface area (Å²) in [5, 5.41) is 0. The number of ether oxygens (including phenoxy) is 1. The van der Waals surface area contributed by atoms with Crippen LogP contribution in [0.4, 0.5) is 0 Å². The number of rotatable bonds is 5. The number of likely N-dealkylation sites (tertiary alicyclic amines) is 2. The minimum atomic E-state index is -0.428. The number of carbonyl (C=O) groups is 2. The molecule has 3 fully saturated rings. The van der Waals surface area contributed by atoms with Gasteiger partial charge in [-0.1, -0.05) is 0 Å². The molecule has 3 aliphatic heterocycles. The second-order valence-electron chi connectivity index (χ2n) is 7.13. The fourth-order valence-electron chi connectivity index (χ4n) is 4.00. The van der Waals surface area contributed by atoms with Crippen molar-refractivity contribution in [1.82, 2.24) is 14.7 Å². The molecule has 2 amide bonds. The molecular weight excluding hydrogens is 308 g/mol. The molecule has 0 aromatic carbocycles. The maximum absolute atomic E-state index is 12.7. The number of hydrogen-bond acceptors (Lipinski definition) is 5. The molecule has 3 heterocycles. The van der Waals surface area contributed by atoms with Crippen LogP contribution < -0.4 is 5.73 Å². The Morgan fingerprint density at radius 2 is 1.88 bits per heavy atom. The monoisotopic (exact) mass is 338 g/mol. The van der Waals surface area contributed by atoms with Crippen molar-refractivity contribution in [2.24, 2.45) is 5.73 Å². The third-order valence-corrected chi connectivity index (χ3v) is 5.48. The van der Waals surface area contributed by atoms with Crippen LogP contribution in [-0.4, -0.2) is 91.1 Å². The first-order valence-electron chi connectivity index (χ1n) is 9.29. The van der Waals surface area contributed by atoms with E-state index in [1.807, 2.05) is 4.90 Å². The third-order valence-electron chi connectivity index (χ3n) is 5.48. The Balaban J connectivity index is 1.48. The van der Waals surface area contributed by atoms with Gasteiger partial charge in [-0.15, -0.1) is 0 Å². The molecule has 0 aliphatic carbocycles. The van der Waals surface area contributed by atoms with Gasteiger partial charge in [-0.25, -0.2) is 0 Å². The average molecular weight is 338 g/mol. The van der Waals surface area contributed by atoms with Crippen LogP contribution in [0.5, 0.6) is 0 Å². The summed E-state index contributed by atoms with van der Waals surface area (Å²) >= 11 is 0. The number of carbonyl (C=O) groups excluding carboxylic acids is 2. The topological polar surface area (TPSA) is 79.1 Å². The van der Waals surface area contributed by atoms with Crippen LogP contribution in [0, 0.1) is 0 Å². The van der Waals surface area contributed by atoms with E-state index in [1.165, 1.54) is 0 Å². The van der Waals surface area contributed by atoms with Crippen LogP contribution in [0.1, 0.15) is 32.1 Å². The number of morpholine rings is 1. The highest BCUT2D eigenvalue weighted by molar-refractivity contribution is 5.88. The van der Waals surface area contributed by atoms with Crippen molar-refractivity contribution in [1.29, 1.82) is 0 Å². The minimum absolute atomic E-state index is 0.0707. The second kappa shape index (κ2) is 8.27. The highest BCUT2D eigenvalue weighted by atomic mass is 16.5. The molecule has 0 radical (unpaired) electrons. The number of amides is 2. The molecule has 3 rings (SSSR count). The van der Waals surface area contributed by atoms with Gasteiger partial charge in [0, 0.05) is 38.8 Å². The largest absolute Gasteiger partial charge is 0.379 e. The van der Waals surface area contributed by atoms with Gasteiger partial charge in [-0.05, 0) is 32.1 Å². The van der Waals surface area contributed by atoms with E-state index in [0.717, 1.165) is 71.5 Å². The molecule has 136 valence electrons. The van der Waals surface area contributed by atoms with E-state index >= 15 is 0 Å². The molecule has 24 heavy (non-hydrogen) atoms. The number of piperidine rings is 1. The van der Waals surface area contributed by atoms with E-state index in [-0.39, 0.29) is 18.4 Å². The fraction of sp³-hybridized carbons (Fsp3) is 0.882. The van der Waals surface area contributed by atoms with E-state index in [0.29, 0.717) is 12.6 Å². The van der Waals surface area contributed by atoms with Gasteiger partial charge < -0.3 is 20.3 Å². The van der Waals surface area contributed by atoms with Crippen molar-refractivity contribution in [3.8, 4) is 0 Å². The maximum atomic E-state index is 12.7. The van der Waals surface area contributed by atoms with Crippen LogP contribution in [0.3, 0.4) is 0 Å². The summed E-state index contributed by atoms with van der Waals surface area (Å²) in [7, 11) is 0. The third kappa shape index (κ3) is 4.26. The summed E-state index contributed by atoms with van der Waals surface area (Å²) in [6, 6.07) is -0.115. The molecule has 0 aromatic rings. The van der Waals surface area contributed by atoms with Gasteiger partial charge in [0.2, 0.25) is 11.8 Å². The number of nitrogens with zero attached hydrogens (tertiary/aromatic N) is 3. The lowest BCUT2D eigenvalue weighted by atomic mass is 10.1. The summed E-state index contributed by atoms with van der Waals surface area (Å²) in [5.41, 5.74) is 5.82. The van der Waals surface area contributed by atoms with Crippen molar-refractivity contribution in [3.63, 3.8) is 0 Å². The van der Waals surface area contributed by atoms with Crippen LogP contribution in [0.25, 0.3) is 0 Å². The van der Waals surface area contributed by atoms with Crippen molar-refractivity contribution in [3.05, 3.63) is 0 Å². The lowest BCUT2D eigenvalue weighted by molar-refractivity contribution is -0.143. The van der Waals surface area contributed by atoms with Crippen molar-refractivity contribution in [2.75, 3.05) is 52.5 Å². The molecule has 0 unspecified atom stereocenters. The zero-order valence-electron chi connectivity index (χ0n) is 14.5. The van der Waals surface area contributed by atoms with E-state index in [1.54, 1.807) is 4.90 Å². The Bertz CT molecular complexity index is 453. The smallest absolute Gasteiger partial charge is 0.242 e. The van der Waals surface area contributed by atoms with Gasteiger partial charge in [0.15, 0.2) is 0 Å². The standard InChI is InChI=1S/C17H30N4O3/c18-15-4-2-6-20(17(15)23)13-16(22)21-7-1-3-14(21)5-8-19-9-11-24-12-10-19/h14-15H,1-13,18H2/t14-,15+/m0/s1. The van der Waals surface area contributed by atoms with Gasteiger partial charge >= 0.3 is 0 Å². The summed E-state index contributed by atoms with van der Waals surface area (Å²) in [4.78, 5) is 30.8. The Labute approximate surface area is 144 Å². The zero-order chi connectivity index (χ0) is 16.9. The van der Waals surface area contributed by atoms with Gasteiger partial charge in [0.1, 0.15) is 0 Å². The van der Waals surface area contributed by atoms with Crippen LogP contribution >= 0.6 is 0 Å². The predicted octanol–water partition coefficient (Wildman–Crippen LogP) is -0.351. The Morgan fingerprint density at radius 1 is 1.12 bits per heavy atom. The van der Waals surface area contributed by atoms with Gasteiger partial charge in [0.25, 0.3) is 0 Å². The van der Waals surface area contributed by atoms with Gasteiger partial charge in [-0.2, -0.15) is 0 Å². The van der Waals surface area contributed by atoms with Gasteiger partial charge in [-0.3, -0.25) is 14.5 Å². The molecule has 2 atom stereocenters. The fourth-order valence-corrected chi connectivity index (χ4v) is 4.00. The highest BCUT2D eigenvalue weighted by Crippen LogP contribution is 2.21. The second-order valence-corrected chi connectivity index (χ2v) is 7.13. The van der Waals surface area contributed by atoms with Crippen LogP contribution in [-0.2, 0) is 14.3 Å². The molecule has 7 nitrogen and oxygen atoms in total. The molecule has 3 aliphatic rings. The molecule has 3 saturated heterocycles. The number of hydrogen-bond donors (Lipinski definition) is 1. The molecule has 2 N–H and O–H groups in total. The molecule has 7 heteroatoms. The van der Waals surface area contributed by atoms with E-state index in [2.05, 4.69) is 4.90 Å². The first-order chi connectivity index (χ1) is 11.6. The quantitative estimate of drug-likeness (QED) is 0.741. The normalized spacial score (nSPS) is 29.3. The van der Waals surface area contributed by atoms with Crippen molar-refractivity contribution < 1.29 is 14.3 Å². The van der Waals surface area contributed by atoms with E-state index in [9.17, 15) is 9.59 Å². The molecule has 0 bridgehead atoms. The molecule has 0 spiro atoms. The lowest BCUT2D eigenvalue weighted by Crippen LogP contribution is -2.52. The van der Waals surface area contributed by atoms with E-state index < -0.39 is 6.04 Å². The molecule has 0 saturated carbocycles. The average Bonchev–Trinajstić information content (AvgIpc) is 3.07. The molecule has 0 aromatic heterocycles. The Morgan fingerprint density at radius 3 is 2.67 bits per heavy atom. The van der Waals surface area contributed by atoms with Crippen molar-refractivity contribution >= 4 is 11.8 Å². The summed E-state index contributed by atoms with van der Waals surface area (Å²) < 4.78 is 5.38. The summed E-state index contributed by atoms with van der Waals surface area (Å²) in [5.74, 6) is 0.0144. The summed E-state index contributed by atoms with van der Waals surface area (Å²) in [6.07, 6.45) is 4.77. The highest BCUT2D eigenvalue weighted by Gasteiger charge is 2.33. The minimum Gasteiger partial charge on any atom is -0.379 e. The lowest BCUT2D eigenvalue weighted by Gasteiger charge is -2.33. The van der Waals surface area contributed by atoms with Crippen molar-refractivity contribution in [2.45, 2.75) is 44.2 Å². The first-order valence-corrected chi connectivity index (χ1v) is 9.29. The summed E-state index contributed by atoms with van der Waals surface area (Å²) in [6.45, 7) is 6.29. The van der Waals surface area contributed by atoms with Gasteiger partial charge in [0.05, 0.1) is 25.8 Å². The number of nitrogens with two attached hydrogens (primary N) is 1. The van der Waals surface area contributed by atoms with Crippen LogP contribution in [0.15, 0.2) is 0 Å². The first kappa shape index (κ1) is 17.6. The SMILES string of the molecule is N[C@@H]1CCCN(CC(=O)N2CCC[C@H]2CCN2CCOCC2)C1=O. The Kier molecular flexibility index (Phi) is 6.08. The zero-order valence-corrected chi connectivity index (χ0v) is 14.5. The maximum Gasteiger partial charge on any atom is 0.242 e. The van der Waals surface area contributed by atoms with E-state index in [4.69, 9.17) is 10.5 Å². The predicted molar refractivity (Wildman–Crippen MR) is 90.4 cm³/mol. The molecular formula is C17H30N4O3. The Hall–Kier alpha value is -1.18. The van der Waals surface area contributed by atoms with Crippen LogP contribution in [0.2, 0.25) is 0 Å².